The number of aliphatic imine (C=N–C) groups is 1. The van der Waals surface area contributed by atoms with Crippen molar-refractivity contribution in [2.24, 2.45) is 12.0 Å². The highest BCUT2D eigenvalue weighted by molar-refractivity contribution is 14.0. The molecular formula is C22H29IN6O. The van der Waals surface area contributed by atoms with Gasteiger partial charge < -0.3 is 19.5 Å². The molecule has 0 spiro atoms. The second-order valence-corrected chi connectivity index (χ2v) is 6.87. The molecule has 0 amide bonds. The van der Waals surface area contributed by atoms with Crippen LogP contribution in [0.5, 0.6) is 5.75 Å². The van der Waals surface area contributed by atoms with E-state index in [2.05, 4.69) is 38.6 Å². The molecule has 3 rings (SSSR count). The Morgan fingerprint density at radius 1 is 1.10 bits per heavy atom. The van der Waals surface area contributed by atoms with Gasteiger partial charge in [0.15, 0.2) is 11.8 Å². The molecule has 0 bridgehead atoms. The van der Waals surface area contributed by atoms with Gasteiger partial charge in [-0.2, -0.15) is 0 Å². The van der Waals surface area contributed by atoms with E-state index in [0.717, 1.165) is 34.5 Å². The third-order valence-electron chi connectivity index (χ3n) is 4.80. The highest BCUT2D eigenvalue weighted by Crippen LogP contribution is 2.19. The van der Waals surface area contributed by atoms with Crippen molar-refractivity contribution in [3.8, 4) is 5.75 Å². The Morgan fingerprint density at radius 3 is 2.47 bits per heavy atom. The maximum Gasteiger partial charge on any atom is 0.194 e. The molecule has 1 N–H and O–H groups in total. The minimum Gasteiger partial charge on any atom is -0.496 e. The average molecular weight is 520 g/mol. The summed E-state index contributed by atoms with van der Waals surface area (Å²) in [6.07, 6.45) is 0. The van der Waals surface area contributed by atoms with Crippen LogP contribution in [0.4, 0.5) is 0 Å². The van der Waals surface area contributed by atoms with Gasteiger partial charge >= 0.3 is 0 Å². The number of aryl methyl sites for hydroxylation is 1. The lowest BCUT2D eigenvalue weighted by molar-refractivity contribution is 0.395. The molecule has 8 heteroatoms. The van der Waals surface area contributed by atoms with Gasteiger partial charge in [0, 0.05) is 26.2 Å². The van der Waals surface area contributed by atoms with Gasteiger partial charge in [0.25, 0.3) is 0 Å². The van der Waals surface area contributed by atoms with Crippen molar-refractivity contribution >= 4 is 29.9 Å². The van der Waals surface area contributed by atoms with Crippen LogP contribution in [-0.4, -0.2) is 39.8 Å². The van der Waals surface area contributed by atoms with E-state index in [1.165, 1.54) is 0 Å². The fraction of sp³-hybridized carbons (Fsp3) is 0.318. The number of aromatic nitrogens is 3. The topological polar surface area (TPSA) is 67.6 Å². The predicted molar refractivity (Wildman–Crippen MR) is 130 cm³/mol. The first-order valence-electron chi connectivity index (χ1n) is 9.58. The fourth-order valence-corrected chi connectivity index (χ4v) is 2.99. The van der Waals surface area contributed by atoms with E-state index < -0.39 is 0 Å². The van der Waals surface area contributed by atoms with E-state index in [0.29, 0.717) is 19.6 Å². The first-order chi connectivity index (χ1) is 14.1. The van der Waals surface area contributed by atoms with E-state index in [1.807, 2.05) is 62.0 Å². The molecule has 0 aliphatic carbocycles. The molecule has 0 atom stereocenters. The number of benzene rings is 2. The molecule has 0 aliphatic heterocycles. The van der Waals surface area contributed by atoms with Gasteiger partial charge in [-0.25, -0.2) is 4.99 Å². The minimum absolute atomic E-state index is 0. The van der Waals surface area contributed by atoms with Crippen molar-refractivity contribution in [2.75, 3.05) is 14.2 Å². The number of nitrogens with one attached hydrogen (secondary N) is 1. The van der Waals surface area contributed by atoms with Crippen molar-refractivity contribution in [1.82, 2.24) is 25.0 Å². The number of para-hydroxylation sites is 1. The second kappa shape index (κ2) is 11.5. The largest absolute Gasteiger partial charge is 0.496 e. The normalized spacial score (nSPS) is 11.0. The molecule has 0 radical (unpaired) electrons. The lowest BCUT2D eigenvalue weighted by Gasteiger charge is -2.23. The van der Waals surface area contributed by atoms with Crippen LogP contribution in [0.1, 0.15) is 22.8 Å². The number of rotatable bonds is 7. The molecule has 30 heavy (non-hydrogen) atoms. The maximum atomic E-state index is 5.49. The number of nitrogens with zero attached hydrogens (tertiary/aromatic N) is 5. The molecule has 1 aromatic heterocycles. The number of halogens is 1. The Kier molecular flexibility index (Phi) is 9.10. The SMILES string of the molecule is COc1ccccc1CN(C)C(=NCc1ccccc1)NCc1nnc(C)n1C.I. The summed E-state index contributed by atoms with van der Waals surface area (Å²) in [4.78, 5) is 6.92. The Balaban J connectivity index is 0.00000320. The predicted octanol–water partition coefficient (Wildman–Crippen LogP) is 3.53. The zero-order valence-electron chi connectivity index (χ0n) is 17.9. The van der Waals surface area contributed by atoms with E-state index in [9.17, 15) is 0 Å². The van der Waals surface area contributed by atoms with Crippen molar-refractivity contribution < 1.29 is 4.74 Å². The standard InChI is InChI=1S/C22H28N6O.HI/c1-17-25-26-21(28(17)3)15-24-22(23-14-18-10-6-5-7-11-18)27(2)16-19-12-8-9-13-20(19)29-4;/h5-13H,14-16H2,1-4H3,(H,23,24);1H. The van der Waals surface area contributed by atoms with Crippen LogP contribution in [0.3, 0.4) is 0 Å². The minimum atomic E-state index is 0. The molecule has 7 nitrogen and oxygen atoms in total. The average Bonchev–Trinajstić information content (AvgIpc) is 3.07. The van der Waals surface area contributed by atoms with Crippen molar-refractivity contribution in [3.05, 3.63) is 77.4 Å². The third-order valence-corrected chi connectivity index (χ3v) is 4.80. The van der Waals surface area contributed by atoms with Crippen molar-refractivity contribution in [3.63, 3.8) is 0 Å². The third kappa shape index (κ3) is 6.19. The first kappa shape index (κ1) is 23.7. The molecule has 0 saturated carbocycles. The summed E-state index contributed by atoms with van der Waals surface area (Å²) in [6.45, 7) is 3.75. The van der Waals surface area contributed by atoms with Gasteiger partial charge in [-0.3, -0.25) is 0 Å². The number of methoxy groups -OCH3 is 1. The molecule has 0 saturated heterocycles. The fourth-order valence-electron chi connectivity index (χ4n) is 2.99. The second-order valence-electron chi connectivity index (χ2n) is 6.87. The smallest absolute Gasteiger partial charge is 0.194 e. The van der Waals surface area contributed by atoms with Crippen LogP contribution < -0.4 is 10.1 Å². The highest BCUT2D eigenvalue weighted by Gasteiger charge is 2.12. The molecule has 3 aromatic rings. The van der Waals surface area contributed by atoms with Crippen LogP contribution in [0.2, 0.25) is 0 Å². The van der Waals surface area contributed by atoms with E-state index in [1.54, 1.807) is 7.11 Å². The van der Waals surface area contributed by atoms with Crippen LogP contribution in [0.25, 0.3) is 0 Å². The summed E-state index contributed by atoms with van der Waals surface area (Å²) in [5.74, 6) is 3.40. The Morgan fingerprint density at radius 2 is 1.80 bits per heavy atom. The summed E-state index contributed by atoms with van der Waals surface area (Å²) in [7, 11) is 5.68. The number of hydrogen-bond donors (Lipinski definition) is 1. The Bertz CT molecular complexity index is 957. The van der Waals surface area contributed by atoms with Crippen LogP contribution in [0, 0.1) is 6.92 Å². The van der Waals surface area contributed by atoms with Gasteiger partial charge in [-0.05, 0) is 18.6 Å². The maximum absolute atomic E-state index is 5.49. The molecule has 1 heterocycles. The van der Waals surface area contributed by atoms with Crippen LogP contribution >= 0.6 is 24.0 Å². The summed E-state index contributed by atoms with van der Waals surface area (Å²) >= 11 is 0. The summed E-state index contributed by atoms with van der Waals surface area (Å²) in [6, 6.07) is 18.2. The van der Waals surface area contributed by atoms with Crippen molar-refractivity contribution in [1.29, 1.82) is 0 Å². The molecule has 160 valence electrons. The van der Waals surface area contributed by atoms with Gasteiger partial charge in [-0.15, -0.1) is 34.2 Å². The number of guanidine groups is 1. The quantitative estimate of drug-likeness (QED) is 0.294. The van der Waals surface area contributed by atoms with Gasteiger partial charge in [-0.1, -0.05) is 48.5 Å². The van der Waals surface area contributed by atoms with Crippen LogP contribution in [0.15, 0.2) is 59.6 Å². The summed E-state index contributed by atoms with van der Waals surface area (Å²) in [5, 5.41) is 11.8. The monoisotopic (exact) mass is 520 g/mol. The van der Waals surface area contributed by atoms with Gasteiger partial charge in [0.2, 0.25) is 0 Å². The molecular weight excluding hydrogens is 491 g/mol. The number of ether oxygens (including phenoxy) is 1. The number of hydrogen-bond acceptors (Lipinski definition) is 4. The Labute approximate surface area is 195 Å². The van der Waals surface area contributed by atoms with Crippen LogP contribution in [-0.2, 0) is 26.7 Å². The van der Waals surface area contributed by atoms with E-state index in [4.69, 9.17) is 9.73 Å². The van der Waals surface area contributed by atoms with E-state index >= 15 is 0 Å². The summed E-state index contributed by atoms with van der Waals surface area (Å²) in [5.41, 5.74) is 2.26. The lowest BCUT2D eigenvalue weighted by atomic mass is 10.2. The van der Waals surface area contributed by atoms with Gasteiger partial charge in [0.05, 0.1) is 20.2 Å². The molecule has 0 aliphatic rings. The molecule has 0 unspecified atom stereocenters. The van der Waals surface area contributed by atoms with E-state index in [-0.39, 0.29) is 24.0 Å². The zero-order chi connectivity index (χ0) is 20.6. The zero-order valence-corrected chi connectivity index (χ0v) is 20.2. The molecule has 0 fully saturated rings. The Hall–Kier alpha value is -2.62. The lowest BCUT2D eigenvalue weighted by Crippen LogP contribution is -2.38. The first-order valence-corrected chi connectivity index (χ1v) is 9.58. The van der Waals surface area contributed by atoms with Crippen molar-refractivity contribution in [2.45, 2.75) is 26.6 Å². The highest BCUT2D eigenvalue weighted by atomic mass is 127. The molecule has 2 aromatic carbocycles. The summed E-state index contributed by atoms with van der Waals surface area (Å²) < 4.78 is 7.47. The van der Waals surface area contributed by atoms with Gasteiger partial charge in [0.1, 0.15) is 11.6 Å².